The van der Waals surface area contributed by atoms with Gasteiger partial charge in [-0.15, -0.1) is 11.3 Å². The highest BCUT2D eigenvalue weighted by Crippen LogP contribution is 2.38. The molecule has 2 aromatic heterocycles. The molecule has 0 radical (unpaired) electrons. The topological polar surface area (TPSA) is 52.6 Å². The third-order valence-corrected chi connectivity index (χ3v) is 4.82. The fourth-order valence-corrected chi connectivity index (χ4v) is 3.81. The van der Waals surface area contributed by atoms with Gasteiger partial charge in [-0.1, -0.05) is 6.07 Å². The lowest BCUT2D eigenvalue weighted by molar-refractivity contribution is -0.153. The van der Waals surface area contributed by atoms with Crippen molar-refractivity contribution in [3.8, 4) is 0 Å². The molecule has 0 N–H and O–H groups in total. The molecule has 0 saturated heterocycles. The first-order chi connectivity index (χ1) is 10.7. The summed E-state index contributed by atoms with van der Waals surface area (Å²) < 4.78 is 10.4. The molecule has 6 heteroatoms. The van der Waals surface area contributed by atoms with Gasteiger partial charge in [-0.2, -0.15) is 11.3 Å². The fourth-order valence-electron chi connectivity index (χ4n) is 2.27. The fraction of sp³-hybridized carbons (Fsp3) is 0.375. The average molecular weight is 338 g/mol. The minimum absolute atomic E-state index is 0.277. The van der Waals surface area contributed by atoms with Crippen LogP contribution in [0.3, 0.4) is 0 Å². The molecule has 0 aliphatic heterocycles. The molecule has 22 heavy (non-hydrogen) atoms. The van der Waals surface area contributed by atoms with Gasteiger partial charge < -0.3 is 9.47 Å². The highest BCUT2D eigenvalue weighted by atomic mass is 32.1. The standard InChI is InChI=1S/C16H18O4S2/c1-3-19-15(17)13(11-7-9-21-10-11)14(16(18)20-4-2)12-6-5-8-22-12/h5-10,13-14H,3-4H2,1-2H3/t13-,14-/m1/s1. The van der Waals surface area contributed by atoms with Crippen LogP contribution in [-0.2, 0) is 19.1 Å². The Morgan fingerprint density at radius 3 is 2.23 bits per heavy atom. The zero-order valence-electron chi connectivity index (χ0n) is 12.5. The lowest BCUT2D eigenvalue weighted by Crippen LogP contribution is -2.28. The Morgan fingerprint density at radius 1 is 1.05 bits per heavy atom. The van der Waals surface area contributed by atoms with Crippen LogP contribution >= 0.6 is 22.7 Å². The lowest BCUT2D eigenvalue weighted by atomic mass is 9.86. The molecule has 0 unspecified atom stereocenters. The molecular formula is C16H18O4S2. The van der Waals surface area contributed by atoms with Crippen LogP contribution in [0.5, 0.6) is 0 Å². The first-order valence-corrected chi connectivity index (χ1v) is 8.90. The molecule has 0 fully saturated rings. The molecule has 0 aliphatic carbocycles. The van der Waals surface area contributed by atoms with E-state index >= 15 is 0 Å². The predicted molar refractivity (Wildman–Crippen MR) is 87.4 cm³/mol. The van der Waals surface area contributed by atoms with E-state index in [-0.39, 0.29) is 13.2 Å². The lowest BCUT2D eigenvalue weighted by Gasteiger charge is -2.22. The Bertz CT molecular complexity index is 535. The van der Waals surface area contributed by atoms with Crippen LogP contribution in [0.2, 0.25) is 0 Å². The van der Waals surface area contributed by atoms with Crippen molar-refractivity contribution in [3.05, 3.63) is 44.8 Å². The first kappa shape index (κ1) is 16.7. The average Bonchev–Trinajstić information content (AvgIpc) is 3.18. The number of carbonyl (C=O) groups excluding carboxylic acids is 2. The monoisotopic (exact) mass is 338 g/mol. The van der Waals surface area contributed by atoms with Gasteiger partial charge in [0.1, 0.15) is 11.8 Å². The Labute approximate surface area is 137 Å². The quantitative estimate of drug-likeness (QED) is 0.721. The van der Waals surface area contributed by atoms with E-state index in [0.717, 1.165) is 10.4 Å². The number of ether oxygens (including phenoxy) is 2. The molecule has 0 aromatic carbocycles. The molecule has 0 amide bonds. The van der Waals surface area contributed by atoms with Gasteiger partial charge in [0, 0.05) is 4.88 Å². The summed E-state index contributed by atoms with van der Waals surface area (Å²) in [6.07, 6.45) is 0. The van der Waals surface area contributed by atoms with Crippen molar-refractivity contribution in [1.29, 1.82) is 0 Å². The third kappa shape index (κ3) is 3.75. The van der Waals surface area contributed by atoms with Gasteiger partial charge in [-0.25, -0.2) is 0 Å². The molecule has 4 nitrogen and oxygen atoms in total. The summed E-state index contributed by atoms with van der Waals surface area (Å²) in [5, 5.41) is 5.65. The summed E-state index contributed by atoms with van der Waals surface area (Å²) in [5.41, 5.74) is 0.787. The molecule has 2 rings (SSSR count). The second-order valence-electron chi connectivity index (χ2n) is 4.53. The van der Waals surface area contributed by atoms with Crippen LogP contribution in [0.1, 0.15) is 36.1 Å². The molecule has 0 bridgehead atoms. The van der Waals surface area contributed by atoms with E-state index in [1.54, 1.807) is 13.8 Å². The van der Waals surface area contributed by atoms with Crippen LogP contribution in [0.4, 0.5) is 0 Å². The molecule has 2 aromatic rings. The van der Waals surface area contributed by atoms with Gasteiger partial charge in [0.2, 0.25) is 0 Å². The maximum Gasteiger partial charge on any atom is 0.315 e. The Kier molecular flexibility index (Phi) is 6.15. The van der Waals surface area contributed by atoms with E-state index in [0.29, 0.717) is 0 Å². The maximum absolute atomic E-state index is 12.5. The van der Waals surface area contributed by atoms with Crippen molar-refractivity contribution in [1.82, 2.24) is 0 Å². The van der Waals surface area contributed by atoms with Crippen LogP contribution in [0.15, 0.2) is 34.3 Å². The number of carbonyl (C=O) groups is 2. The Hall–Kier alpha value is -1.66. The van der Waals surface area contributed by atoms with Gasteiger partial charge in [0.25, 0.3) is 0 Å². The van der Waals surface area contributed by atoms with E-state index in [9.17, 15) is 9.59 Å². The van der Waals surface area contributed by atoms with Crippen molar-refractivity contribution in [3.63, 3.8) is 0 Å². The van der Waals surface area contributed by atoms with Crippen LogP contribution in [0, 0.1) is 0 Å². The Balaban J connectivity index is 2.43. The molecular weight excluding hydrogens is 320 g/mol. The van der Waals surface area contributed by atoms with Gasteiger partial charge in [-0.3, -0.25) is 9.59 Å². The van der Waals surface area contributed by atoms with Crippen LogP contribution < -0.4 is 0 Å². The summed E-state index contributed by atoms with van der Waals surface area (Å²) in [6, 6.07) is 5.57. The maximum atomic E-state index is 12.5. The number of esters is 2. The summed E-state index contributed by atoms with van der Waals surface area (Å²) in [7, 11) is 0. The minimum atomic E-state index is -0.677. The molecule has 2 atom stereocenters. The van der Waals surface area contributed by atoms with Gasteiger partial charge in [0.15, 0.2) is 0 Å². The SMILES string of the molecule is CCOC(=O)[C@H](c1ccsc1)[C@H](C(=O)OCC)c1cccs1. The summed E-state index contributed by atoms with van der Waals surface area (Å²) >= 11 is 2.93. The van der Waals surface area contributed by atoms with E-state index in [1.165, 1.54) is 22.7 Å². The summed E-state index contributed by atoms with van der Waals surface area (Å²) in [5.74, 6) is -2.14. The molecule has 118 valence electrons. The molecule has 0 spiro atoms. The van der Waals surface area contributed by atoms with Crippen molar-refractivity contribution in [2.75, 3.05) is 13.2 Å². The van der Waals surface area contributed by atoms with E-state index in [2.05, 4.69) is 0 Å². The Morgan fingerprint density at radius 2 is 1.73 bits per heavy atom. The van der Waals surface area contributed by atoms with Gasteiger partial charge in [0.05, 0.1) is 13.2 Å². The van der Waals surface area contributed by atoms with Crippen molar-refractivity contribution < 1.29 is 19.1 Å². The number of hydrogen-bond donors (Lipinski definition) is 0. The minimum Gasteiger partial charge on any atom is -0.465 e. The second-order valence-corrected chi connectivity index (χ2v) is 6.29. The zero-order valence-corrected chi connectivity index (χ0v) is 14.1. The summed E-state index contributed by atoms with van der Waals surface area (Å²) in [4.78, 5) is 25.7. The van der Waals surface area contributed by atoms with Crippen molar-refractivity contribution in [2.45, 2.75) is 25.7 Å². The van der Waals surface area contributed by atoms with Gasteiger partial charge in [-0.05, 0) is 47.7 Å². The molecule has 0 saturated carbocycles. The van der Waals surface area contributed by atoms with E-state index in [1.807, 2.05) is 34.3 Å². The van der Waals surface area contributed by atoms with Crippen LogP contribution in [-0.4, -0.2) is 25.2 Å². The van der Waals surface area contributed by atoms with Crippen molar-refractivity contribution >= 4 is 34.6 Å². The van der Waals surface area contributed by atoms with Gasteiger partial charge >= 0.3 is 11.9 Å². The first-order valence-electron chi connectivity index (χ1n) is 7.07. The second kappa shape index (κ2) is 8.10. The molecule has 2 heterocycles. The van der Waals surface area contributed by atoms with Crippen LogP contribution in [0.25, 0.3) is 0 Å². The number of rotatable bonds is 7. The molecule has 0 aliphatic rings. The number of hydrogen-bond acceptors (Lipinski definition) is 6. The largest absolute Gasteiger partial charge is 0.465 e. The predicted octanol–water partition coefficient (Wildman–Crippen LogP) is 3.80. The smallest absolute Gasteiger partial charge is 0.315 e. The zero-order chi connectivity index (χ0) is 15.9. The number of thiophene rings is 2. The van der Waals surface area contributed by atoms with Crippen molar-refractivity contribution in [2.24, 2.45) is 0 Å². The van der Waals surface area contributed by atoms with E-state index in [4.69, 9.17) is 9.47 Å². The highest BCUT2D eigenvalue weighted by molar-refractivity contribution is 7.10. The van der Waals surface area contributed by atoms with E-state index < -0.39 is 23.8 Å². The summed E-state index contributed by atoms with van der Waals surface area (Å²) in [6.45, 7) is 4.07. The highest BCUT2D eigenvalue weighted by Gasteiger charge is 2.39. The normalized spacial score (nSPS) is 13.4. The third-order valence-electron chi connectivity index (χ3n) is 3.17.